The molecule has 1 aromatic rings. The zero-order valence-corrected chi connectivity index (χ0v) is 11.2. The summed E-state index contributed by atoms with van der Waals surface area (Å²) in [5, 5.41) is 0.332. The van der Waals surface area contributed by atoms with E-state index in [9.17, 15) is 9.28 Å². The van der Waals surface area contributed by atoms with Crippen molar-refractivity contribution in [2.45, 2.75) is 45.6 Å². The maximum Gasteiger partial charge on any atom is 0.282 e. The summed E-state index contributed by atoms with van der Waals surface area (Å²) in [5.41, 5.74) is 0.669. The molecule has 0 bridgehead atoms. The molecule has 2 nitrogen and oxygen atoms in total. The Hall–Kier alpha value is -1.38. The lowest BCUT2D eigenvalue weighted by Crippen LogP contribution is -2.39. The van der Waals surface area contributed by atoms with Crippen LogP contribution in [0, 0.1) is 5.92 Å². The van der Waals surface area contributed by atoms with E-state index in [0.29, 0.717) is 16.6 Å². The van der Waals surface area contributed by atoms with Gasteiger partial charge in [-0.05, 0) is 57.6 Å². The zero-order valence-electron chi connectivity index (χ0n) is 11.2. The molecule has 98 valence electrons. The van der Waals surface area contributed by atoms with Crippen LogP contribution in [0.3, 0.4) is 0 Å². The number of halogens is 1. The molecule has 0 spiro atoms. The number of nitrogens with zero attached hydrogens (tertiary/aromatic N) is 1. The first-order valence-electron chi connectivity index (χ1n) is 6.48. The Kier molecular flexibility index (Phi) is 3.42. The number of benzene rings is 1. The van der Waals surface area contributed by atoms with Crippen LogP contribution in [0.2, 0.25) is 0 Å². The number of carbonyl (C=O) groups is 1. The summed E-state index contributed by atoms with van der Waals surface area (Å²) in [6, 6.07) is 7.36. The van der Waals surface area contributed by atoms with E-state index in [1.54, 1.807) is 32.9 Å². The highest BCUT2D eigenvalue weighted by Crippen LogP contribution is 2.34. The molecule has 0 heterocycles. The van der Waals surface area contributed by atoms with E-state index in [-0.39, 0.29) is 0 Å². The van der Waals surface area contributed by atoms with Crippen molar-refractivity contribution in [3.63, 3.8) is 0 Å². The Bertz CT molecular complexity index is 446. The molecule has 1 amide bonds. The van der Waals surface area contributed by atoms with Crippen molar-refractivity contribution in [3.05, 3.63) is 35.4 Å². The summed E-state index contributed by atoms with van der Waals surface area (Å²) in [5.74, 6) is 0.153. The van der Waals surface area contributed by atoms with E-state index in [1.807, 2.05) is 12.1 Å². The van der Waals surface area contributed by atoms with Gasteiger partial charge < -0.3 is 0 Å². The molecule has 2 rings (SSSR count). The highest BCUT2D eigenvalue weighted by atomic mass is 19.2. The molecule has 3 heteroatoms. The Morgan fingerprint density at radius 3 is 2.50 bits per heavy atom. The van der Waals surface area contributed by atoms with Gasteiger partial charge in [0.25, 0.3) is 5.91 Å². The standard InChI is InChI=1S/C15H20FNO/c1-15(2,3)17(16)14(18)13-7-5-4-6-12(13)10-11-8-9-11/h4-7,11H,8-10H2,1-3H3. The predicted molar refractivity (Wildman–Crippen MR) is 69.9 cm³/mol. The quantitative estimate of drug-likeness (QED) is 0.747. The van der Waals surface area contributed by atoms with Gasteiger partial charge in [-0.15, -0.1) is 0 Å². The average Bonchev–Trinajstić information content (AvgIpc) is 3.10. The second-order valence-electron chi connectivity index (χ2n) is 6.06. The zero-order chi connectivity index (χ0) is 13.3. The minimum absolute atomic E-state index is 0.332. The topological polar surface area (TPSA) is 20.3 Å². The van der Waals surface area contributed by atoms with E-state index in [4.69, 9.17) is 0 Å². The lowest BCUT2D eigenvalue weighted by molar-refractivity contribution is -0.0322. The molecule has 0 unspecified atom stereocenters. The van der Waals surface area contributed by atoms with Crippen LogP contribution in [0.4, 0.5) is 4.48 Å². The number of carbonyl (C=O) groups excluding carboxylic acids is 1. The molecule has 1 aromatic carbocycles. The summed E-state index contributed by atoms with van der Waals surface area (Å²) in [6.07, 6.45) is 3.34. The number of hydrogen-bond donors (Lipinski definition) is 0. The van der Waals surface area contributed by atoms with Gasteiger partial charge in [-0.2, -0.15) is 5.12 Å². The van der Waals surface area contributed by atoms with E-state index in [1.165, 1.54) is 12.8 Å². The highest BCUT2D eigenvalue weighted by Gasteiger charge is 2.30. The molecule has 1 saturated carbocycles. The maximum atomic E-state index is 14.0. The van der Waals surface area contributed by atoms with Crippen molar-refractivity contribution >= 4 is 5.91 Å². The summed E-state index contributed by atoms with van der Waals surface area (Å²) in [4.78, 5) is 12.2. The highest BCUT2D eigenvalue weighted by molar-refractivity contribution is 5.95. The minimum atomic E-state index is -0.802. The van der Waals surface area contributed by atoms with Crippen LogP contribution >= 0.6 is 0 Å². The second-order valence-corrected chi connectivity index (χ2v) is 6.06. The van der Waals surface area contributed by atoms with E-state index < -0.39 is 11.4 Å². The van der Waals surface area contributed by atoms with Crippen LogP contribution in [0.25, 0.3) is 0 Å². The van der Waals surface area contributed by atoms with Crippen LogP contribution in [0.15, 0.2) is 24.3 Å². The number of hydrogen-bond acceptors (Lipinski definition) is 1. The Morgan fingerprint density at radius 2 is 1.94 bits per heavy atom. The lowest BCUT2D eigenvalue weighted by Gasteiger charge is -2.27. The SMILES string of the molecule is CC(C)(C)N(F)C(=O)c1ccccc1CC1CC1. The molecular weight excluding hydrogens is 229 g/mol. The van der Waals surface area contributed by atoms with Gasteiger partial charge in [0.05, 0.1) is 5.54 Å². The maximum absolute atomic E-state index is 14.0. The van der Waals surface area contributed by atoms with Crippen LogP contribution in [-0.4, -0.2) is 16.6 Å². The molecule has 18 heavy (non-hydrogen) atoms. The summed E-state index contributed by atoms with van der Waals surface area (Å²) in [6.45, 7) is 5.07. The molecule has 0 saturated heterocycles. The summed E-state index contributed by atoms with van der Waals surface area (Å²) < 4.78 is 14.0. The fourth-order valence-electron chi connectivity index (χ4n) is 1.95. The number of amides is 1. The van der Waals surface area contributed by atoms with Crippen LogP contribution < -0.4 is 0 Å². The van der Waals surface area contributed by atoms with Crippen LogP contribution in [0.1, 0.15) is 49.5 Å². The van der Waals surface area contributed by atoms with Gasteiger partial charge >= 0.3 is 0 Å². The average molecular weight is 249 g/mol. The van der Waals surface area contributed by atoms with Gasteiger partial charge in [-0.1, -0.05) is 22.7 Å². The molecule has 0 aliphatic heterocycles. The van der Waals surface area contributed by atoms with E-state index in [0.717, 1.165) is 12.0 Å². The first-order chi connectivity index (χ1) is 8.39. The van der Waals surface area contributed by atoms with Crippen molar-refractivity contribution in [1.82, 2.24) is 5.12 Å². The van der Waals surface area contributed by atoms with Crippen LogP contribution in [-0.2, 0) is 6.42 Å². The second kappa shape index (κ2) is 4.71. The molecule has 0 N–H and O–H groups in total. The third-order valence-electron chi connectivity index (χ3n) is 3.22. The van der Waals surface area contributed by atoms with Crippen molar-refractivity contribution in [3.8, 4) is 0 Å². The lowest BCUT2D eigenvalue weighted by atomic mass is 10.00. The summed E-state index contributed by atoms with van der Waals surface area (Å²) >= 11 is 0. The van der Waals surface area contributed by atoms with E-state index in [2.05, 4.69) is 0 Å². The molecular formula is C15H20FNO. The van der Waals surface area contributed by atoms with Gasteiger partial charge in [0, 0.05) is 5.56 Å². The van der Waals surface area contributed by atoms with Gasteiger partial charge in [0.1, 0.15) is 0 Å². The molecule has 1 fully saturated rings. The Morgan fingerprint density at radius 1 is 1.33 bits per heavy atom. The largest absolute Gasteiger partial charge is 0.282 e. The molecule has 0 aromatic heterocycles. The molecule has 1 aliphatic rings. The normalized spacial score (nSPS) is 15.6. The minimum Gasteiger partial charge on any atom is -0.266 e. The fraction of sp³-hybridized carbons (Fsp3) is 0.533. The Balaban J connectivity index is 2.23. The van der Waals surface area contributed by atoms with Gasteiger partial charge in [-0.25, -0.2) is 0 Å². The van der Waals surface area contributed by atoms with Crippen molar-refractivity contribution in [2.24, 2.45) is 5.92 Å². The smallest absolute Gasteiger partial charge is 0.266 e. The third kappa shape index (κ3) is 2.89. The first kappa shape index (κ1) is 13.1. The fourth-order valence-corrected chi connectivity index (χ4v) is 1.95. The van der Waals surface area contributed by atoms with E-state index >= 15 is 0 Å². The number of rotatable bonds is 3. The third-order valence-corrected chi connectivity index (χ3v) is 3.22. The monoisotopic (exact) mass is 249 g/mol. The first-order valence-corrected chi connectivity index (χ1v) is 6.48. The van der Waals surface area contributed by atoms with Gasteiger partial charge in [-0.3, -0.25) is 4.79 Å². The molecule has 1 aliphatic carbocycles. The van der Waals surface area contributed by atoms with Crippen molar-refractivity contribution in [1.29, 1.82) is 0 Å². The molecule has 0 atom stereocenters. The van der Waals surface area contributed by atoms with Crippen molar-refractivity contribution in [2.75, 3.05) is 0 Å². The van der Waals surface area contributed by atoms with Gasteiger partial charge in [0.15, 0.2) is 0 Å². The van der Waals surface area contributed by atoms with Crippen molar-refractivity contribution < 1.29 is 9.28 Å². The molecule has 0 radical (unpaired) electrons. The van der Waals surface area contributed by atoms with Gasteiger partial charge in [0.2, 0.25) is 0 Å². The van der Waals surface area contributed by atoms with Crippen LogP contribution in [0.5, 0.6) is 0 Å². The Labute approximate surface area is 108 Å². The predicted octanol–water partition coefficient (Wildman–Crippen LogP) is 3.76. The summed E-state index contributed by atoms with van der Waals surface area (Å²) in [7, 11) is 0.